The summed E-state index contributed by atoms with van der Waals surface area (Å²) < 4.78 is 0. The van der Waals surface area contributed by atoms with Crippen molar-refractivity contribution in [3.8, 4) is 11.8 Å². The van der Waals surface area contributed by atoms with Gasteiger partial charge in [0, 0.05) is 25.3 Å². The van der Waals surface area contributed by atoms with E-state index in [0.717, 1.165) is 16.8 Å². The molecule has 0 N–H and O–H groups in total. The smallest absolute Gasteiger partial charge is 0.229 e. The molecule has 0 saturated heterocycles. The van der Waals surface area contributed by atoms with Gasteiger partial charge in [-0.15, -0.1) is 0 Å². The minimum atomic E-state index is -0.199. The van der Waals surface area contributed by atoms with Gasteiger partial charge >= 0.3 is 0 Å². The first-order valence-electron chi connectivity index (χ1n) is 6.71. The molecule has 2 rings (SSSR count). The molecule has 0 fully saturated rings. The monoisotopic (exact) mass is 275 g/mol. The van der Waals surface area contributed by atoms with Gasteiger partial charge < -0.3 is 4.90 Å². The van der Waals surface area contributed by atoms with E-state index < -0.39 is 0 Å². The highest BCUT2D eigenvalue weighted by Gasteiger charge is 1.94. The Bertz CT molecular complexity index is 686. The van der Waals surface area contributed by atoms with Crippen molar-refractivity contribution in [1.82, 2.24) is 0 Å². The van der Waals surface area contributed by atoms with Crippen LogP contribution in [0.4, 0.5) is 5.69 Å². The Hall–Kier alpha value is -2.79. The number of anilines is 1. The number of hydrogen-bond donors (Lipinski definition) is 0. The molecule has 0 bridgehead atoms. The molecule has 0 amide bonds. The Labute approximate surface area is 125 Å². The molecule has 0 radical (unpaired) electrons. The third-order valence-corrected chi connectivity index (χ3v) is 2.94. The third kappa shape index (κ3) is 4.67. The van der Waals surface area contributed by atoms with Crippen molar-refractivity contribution < 1.29 is 4.79 Å². The zero-order chi connectivity index (χ0) is 15.1. The molecule has 104 valence electrons. The van der Waals surface area contributed by atoms with Crippen LogP contribution in [-0.4, -0.2) is 19.9 Å². The van der Waals surface area contributed by atoms with Gasteiger partial charge in [-0.1, -0.05) is 42.3 Å². The molecule has 0 aliphatic heterocycles. The van der Waals surface area contributed by atoms with Gasteiger partial charge in [-0.2, -0.15) is 0 Å². The first-order chi connectivity index (χ1) is 10.1. The summed E-state index contributed by atoms with van der Waals surface area (Å²) in [5.41, 5.74) is 2.95. The summed E-state index contributed by atoms with van der Waals surface area (Å²) in [6.45, 7) is 0. The van der Waals surface area contributed by atoms with Crippen LogP contribution in [0.25, 0.3) is 6.08 Å². The van der Waals surface area contributed by atoms with E-state index >= 15 is 0 Å². The van der Waals surface area contributed by atoms with Crippen molar-refractivity contribution >= 4 is 17.5 Å². The summed E-state index contributed by atoms with van der Waals surface area (Å²) in [6, 6.07) is 17.5. The molecular weight excluding hydrogens is 258 g/mol. The standard InChI is InChI=1S/C19H17NO/c1-20(2)18-12-8-17(9-13-18)11-15-19(21)14-10-16-6-4-3-5-7-16/h3-9,11-13,15H,1-2H3. The van der Waals surface area contributed by atoms with Gasteiger partial charge in [-0.05, 0) is 41.8 Å². The van der Waals surface area contributed by atoms with Gasteiger partial charge in [0.1, 0.15) is 0 Å². The van der Waals surface area contributed by atoms with Gasteiger partial charge in [0.05, 0.1) is 0 Å². The van der Waals surface area contributed by atoms with E-state index in [9.17, 15) is 4.79 Å². The minimum Gasteiger partial charge on any atom is -0.378 e. The highest BCUT2D eigenvalue weighted by molar-refractivity contribution is 6.06. The lowest BCUT2D eigenvalue weighted by Gasteiger charge is -2.11. The molecule has 2 nitrogen and oxygen atoms in total. The van der Waals surface area contributed by atoms with Crippen LogP contribution in [-0.2, 0) is 4.79 Å². The van der Waals surface area contributed by atoms with E-state index in [-0.39, 0.29) is 5.78 Å². The molecule has 0 spiro atoms. The van der Waals surface area contributed by atoms with Gasteiger partial charge in [-0.3, -0.25) is 4.79 Å². The van der Waals surface area contributed by atoms with Crippen LogP contribution in [0.1, 0.15) is 11.1 Å². The van der Waals surface area contributed by atoms with Crippen molar-refractivity contribution in [2.24, 2.45) is 0 Å². The number of carbonyl (C=O) groups is 1. The van der Waals surface area contributed by atoms with Crippen LogP contribution in [0, 0.1) is 11.8 Å². The Balaban J connectivity index is 2.01. The number of ketones is 1. The van der Waals surface area contributed by atoms with Gasteiger partial charge in [0.2, 0.25) is 5.78 Å². The highest BCUT2D eigenvalue weighted by Crippen LogP contribution is 2.13. The topological polar surface area (TPSA) is 20.3 Å². The predicted octanol–water partition coefficient (Wildman–Crippen LogP) is 3.39. The highest BCUT2D eigenvalue weighted by atomic mass is 16.1. The van der Waals surface area contributed by atoms with E-state index in [1.54, 1.807) is 6.08 Å². The molecule has 0 heterocycles. The van der Waals surface area contributed by atoms with Gasteiger partial charge in [0.15, 0.2) is 0 Å². The van der Waals surface area contributed by atoms with Crippen LogP contribution < -0.4 is 4.90 Å². The normalized spacial score (nSPS) is 10.0. The van der Waals surface area contributed by atoms with Gasteiger partial charge in [-0.25, -0.2) is 0 Å². The molecule has 2 heteroatoms. The van der Waals surface area contributed by atoms with Crippen molar-refractivity contribution in [2.75, 3.05) is 19.0 Å². The second-order valence-electron chi connectivity index (χ2n) is 4.80. The quantitative estimate of drug-likeness (QED) is 0.632. The Morgan fingerprint density at radius 1 is 1.00 bits per heavy atom. The summed E-state index contributed by atoms with van der Waals surface area (Å²) in [4.78, 5) is 13.7. The first-order valence-corrected chi connectivity index (χ1v) is 6.71. The number of nitrogens with zero attached hydrogens (tertiary/aromatic N) is 1. The molecule has 0 unspecified atom stereocenters. The molecule has 21 heavy (non-hydrogen) atoms. The number of benzene rings is 2. The summed E-state index contributed by atoms with van der Waals surface area (Å²) >= 11 is 0. The fraction of sp³-hybridized carbons (Fsp3) is 0.105. The fourth-order valence-electron chi connectivity index (χ4n) is 1.75. The van der Waals surface area contributed by atoms with Crippen molar-refractivity contribution in [2.45, 2.75) is 0 Å². The Kier molecular flexibility index (Phi) is 4.95. The zero-order valence-electron chi connectivity index (χ0n) is 12.2. The average Bonchev–Trinajstić information content (AvgIpc) is 2.52. The predicted molar refractivity (Wildman–Crippen MR) is 88.1 cm³/mol. The average molecular weight is 275 g/mol. The van der Waals surface area contributed by atoms with E-state index in [4.69, 9.17) is 0 Å². The maximum absolute atomic E-state index is 11.7. The molecule has 0 aliphatic rings. The van der Waals surface area contributed by atoms with Crippen LogP contribution in [0.2, 0.25) is 0 Å². The lowest BCUT2D eigenvalue weighted by atomic mass is 10.1. The molecular formula is C19H17NO. The van der Waals surface area contributed by atoms with Crippen LogP contribution in [0.3, 0.4) is 0 Å². The largest absolute Gasteiger partial charge is 0.378 e. The second kappa shape index (κ2) is 7.12. The molecule has 0 aromatic heterocycles. The Morgan fingerprint density at radius 2 is 1.67 bits per heavy atom. The van der Waals surface area contributed by atoms with E-state index in [1.807, 2.05) is 73.6 Å². The molecule has 2 aromatic rings. The lowest BCUT2D eigenvalue weighted by molar-refractivity contribution is -0.109. The summed E-state index contributed by atoms with van der Waals surface area (Å²) in [5.74, 6) is 5.26. The summed E-state index contributed by atoms with van der Waals surface area (Å²) in [6.07, 6.45) is 3.28. The molecule has 0 saturated carbocycles. The van der Waals surface area contributed by atoms with Crippen molar-refractivity contribution in [3.63, 3.8) is 0 Å². The molecule has 2 aromatic carbocycles. The second-order valence-corrected chi connectivity index (χ2v) is 4.80. The van der Waals surface area contributed by atoms with Crippen LogP contribution in [0.5, 0.6) is 0 Å². The maximum Gasteiger partial charge on any atom is 0.229 e. The lowest BCUT2D eigenvalue weighted by Crippen LogP contribution is -2.07. The van der Waals surface area contributed by atoms with E-state index in [1.165, 1.54) is 6.08 Å². The zero-order valence-corrected chi connectivity index (χ0v) is 12.2. The minimum absolute atomic E-state index is 0.199. The van der Waals surface area contributed by atoms with Crippen molar-refractivity contribution in [3.05, 3.63) is 71.8 Å². The number of allylic oxidation sites excluding steroid dienone is 1. The van der Waals surface area contributed by atoms with Crippen LogP contribution >= 0.6 is 0 Å². The van der Waals surface area contributed by atoms with Gasteiger partial charge in [0.25, 0.3) is 0 Å². The number of hydrogen-bond acceptors (Lipinski definition) is 2. The fourth-order valence-corrected chi connectivity index (χ4v) is 1.75. The Morgan fingerprint density at radius 3 is 2.29 bits per heavy atom. The number of carbonyl (C=O) groups excluding carboxylic acids is 1. The molecule has 0 atom stereocenters. The van der Waals surface area contributed by atoms with E-state index in [0.29, 0.717) is 0 Å². The third-order valence-electron chi connectivity index (χ3n) is 2.94. The van der Waals surface area contributed by atoms with Crippen LogP contribution in [0.15, 0.2) is 60.7 Å². The first kappa shape index (κ1) is 14.6. The maximum atomic E-state index is 11.7. The number of rotatable bonds is 3. The summed E-state index contributed by atoms with van der Waals surface area (Å²) in [5, 5.41) is 0. The summed E-state index contributed by atoms with van der Waals surface area (Å²) in [7, 11) is 3.99. The SMILES string of the molecule is CN(C)c1ccc(C=CC(=O)C#Cc2ccccc2)cc1. The molecule has 0 aliphatic carbocycles. The van der Waals surface area contributed by atoms with Crippen molar-refractivity contribution in [1.29, 1.82) is 0 Å². The van der Waals surface area contributed by atoms with E-state index in [2.05, 4.69) is 11.8 Å².